The van der Waals surface area contributed by atoms with E-state index in [1.54, 1.807) is 18.5 Å². The lowest BCUT2D eigenvalue weighted by Gasteiger charge is -2.31. The zero-order chi connectivity index (χ0) is 19.1. The highest BCUT2D eigenvalue weighted by atomic mass is 16.1. The van der Waals surface area contributed by atoms with Gasteiger partial charge in [-0.2, -0.15) is 0 Å². The molecule has 2 N–H and O–H groups in total. The van der Waals surface area contributed by atoms with Crippen molar-refractivity contribution in [3.63, 3.8) is 0 Å². The molecule has 0 saturated heterocycles. The van der Waals surface area contributed by atoms with Crippen molar-refractivity contribution in [2.75, 3.05) is 0 Å². The second-order valence-electron chi connectivity index (χ2n) is 7.61. The van der Waals surface area contributed by atoms with E-state index < -0.39 is 0 Å². The fourth-order valence-electron chi connectivity index (χ4n) is 4.41. The van der Waals surface area contributed by atoms with Gasteiger partial charge in [0.05, 0.1) is 11.7 Å². The van der Waals surface area contributed by atoms with Crippen LogP contribution in [0, 0.1) is 6.92 Å². The number of benzene rings is 1. The number of hydrogen-bond donors (Lipinski definition) is 2. The molecule has 0 spiro atoms. The molecule has 3 heterocycles. The van der Waals surface area contributed by atoms with Crippen LogP contribution < -0.4 is 10.6 Å². The van der Waals surface area contributed by atoms with Gasteiger partial charge in [0.2, 0.25) is 5.91 Å². The zero-order valence-electron chi connectivity index (χ0n) is 15.9. The van der Waals surface area contributed by atoms with Crippen LogP contribution in [-0.4, -0.2) is 32.5 Å². The molecule has 1 fully saturated rings. The Morgan fingerprint density at radius 1 is 1.04 bits per heavy atom. The van der Waals surface area contributed by atoms with Crippen LogP contribution >= 0.6 is 0 Å². The van der Waals surface area contributed by atoms with Crippen LogP contribution in [0.4, 0.5) is 0 Å². The van der Waals surface area contributed by atoms with Crippen molar-refractivity contribution in [2.45, 2.75) is 44.7 Å². The van der Waals surface area contributed by atoms with E-state index in [9.17, 15) is 4.79 Å². The van der Waals surface area contributed by atoms with Gasteiger partial charge in [-0.25, -0.2) is 4.98 Å². The number of hydrogen-bond acceptors (Lipinski definition) is 4. The standard InChI is InChI=1S/C22H23N5O/c1-14-24-20-13-23-11-10-21(20)27(14)16-8-6-15(7-9-16)19-12-22(28)26-18-5-3-2-4-17(18)25-19/h6-13,17-18,25H,2-5H2,1H3,(H,26,28). The van der Waals surface area contributed by atoms with Gasteiger partial charge >= 0.3 is 0 Å². The highest BCUT2D eigenvalue weighted by molar-refractivity contribution is 5.95. The molecule has 1 aliphatic carbocycles. The van der Waals surface area contributed by atoms with Crippen molar-refractivity contribution in [2.24, 2.45) is 0 Å². The van der Waals surface area contributed by atoms with Crippen molar-refractivity contribution < 1.29 is 4.79 Å². The van der Waals surface area contributed by atoms with Gasteiger partial charge in [-0.3, -0.25) is 14.3 Å². The first-order valence-corrected chi connectivity index (χ1v) is 9.88. The fourth-order valence-corrected chi connectivity index (χ4v) is 4.41. The Morgan fingerprint density at radius 3 is 2.57 bits per heavy atom. The molecule has 2 atom stereocenters. The second kappa shape index (κ2) is 6.78. The first-order valence-electron chi connectivity index (χ1n) is 9.88. The molecule has 2 aliphatic rings. The highest BCUT2D eigenvalue weighted by Gasteiger charge is 2.29. The van der Waals surface area contributed by atoms with Crippen LogP contribution in [0.25, 0.3) is 22.4 Å². The molecule has 1 aromatic carbocycles. The summed E-state index contributed by atoms with van der Waals surface area (Å²) in [5.74, 6) is 0.914. The first-order chi connectivity index (χ1) is 13.7. The number of aromatic nitrogens is 3. The van der Waals surface area contributed by atoms with Crippen molar-refractivity contribution in [1.29, 1.82) is 0 Å². The quantitative estimate of drug-likeness (QED) is 0.724. The smallest absolute Gasteiger partial charge is 0.246 e. The van der Waals surface area contributed by atoms with E-state index in [0.29, 0.717) is 6.04 Å². The van der Waals surface area contributed by atoms with E-state index in [2.05, 4.69) is 49.4 Å². The van der Waals surface area contributed by atoms with Crippen LogP contribution in [0.1, 0.15) is 37.1 Å². The minimum absolute atomic E-state index is 0.00933. The summed E-state index contributed by atoms with van der Waals surface area (Å²) in [7, 11) is 0. The van der Waals surface area contributed by atoms with Crippen LogP contribution in [0.3, 0.4) is 0 Å². The Labute approximate surface area is 163 Å². The van der Waals surface area contributed by atoms with E-state index in [0.717, 1.165) is 46.6 Å². The largest absolute Gasteiger partial charge is 0.380 e. The number of fused-ring (bicyclic) bond motifs is 2. The topological polar surface area (TPSA) is 71.8 Å². The number of amides is 1. The Kier molecular flexibility index (Phi) is 4.11. The number of nitrogens with zero attached hydrogens (tertiary/aromatic N) is 3. The summed E-state index contributed by atoms with van der Waals surface area (Å²) in [5.41, 5.74) is 4.89. The van der Waals surface area contributed by atoms with Crippen LogP contribution in [-0.2, 0) is 4.79 Å². The van der Waals surface area contributed by atoms with Gasteiger partial charge in [0.1, 0.15) is 11.3 Å². The molecular weight excluding hydrogens is 350 g/mol. The van der Waals surface area contributed by atoms with Gasteiger partial charge in [-0.15, -0.1) is 0 Å². The van der Waals surface area contributed by atoms with Crippen LogP contribution in [0.15, 0.2) is 48.8 Å². The Morgan fingerprint density at radius 2 is 1.79 bits per heavy atom. The SMILES string of the molecule is Cc1nc2cnccc2n1-c1ccc(C2=CC(=O)NC3CCCCC3N2)cc1. The maximum absolute atomic E-state index is 12.3. The maximum atomic E-state index is 12.3. The molecule has 0 radical (unpaired) electrons. The average molecular weight is 373 g/mol. The second-order valence-corrected chi connectivity index (χ2v) is 7.61. The molecule has 2 aromatic heterocycles. The summed E-state index contributed by atoms with van der Waals surface area (Å²) in [6.45, 7) is 2.00. The predicted molar refractivity (Wildman–Crippen MR) is 109 cm³/mol. The highest BCUT2D eigenvalue weighted by Crippen LogP contribution is 2.26. The summed E-state index contributed by atoms with van der Waals surface area (Å²) < 4.78 is 2.12. The van der Waals surface area contributed by atoms with E-state index >= 15 is 0 Å². The van der Waals surface area contributed by atoms with Crippen molar-refractivity contribution in [3.05, 3.63) is 60.2 Å². The monoisotopic (exact) mass is 373 g/mol. The predicted octanol–water partition coefficient (Wildman–Crippen LogP) is 3.10. The van der Waals surface area contributed by atoms with Crippen molar-refractivity contribution in [1.82, 2.24) is 25.2 Å². The summed E-state index contributed by atoms with van der Waals surface area (Å²) in [6.07, 6.45) is 9.79. The number of carbonyl (C=O) groups excluding carboxylic acids is 1. The number of aryl methyl sites for hydroxylation is 1. The third-order valence-corrected chi connectivity index (χ3v) is 5.77. The van der Waals surface area contributed by atoms with Crippen LogP contribution in [0.5, 0.6) is 0 Å². The van der Waals surface area contributed by atoms with Gasteiger partial charge in [-0.1, -0.05) is 25.0 Å². The normalized spacial score (nSPS) is 22.0. The van der Waals surface area contributed by atoms with Gasteiger partial charge in [0.15, 0.2) is 0 Å². The summed E-state index contributed by atoms with van der Waals surface area (Å²) in [4.78, 5) is 21.1. The molecule has 1 saturated carbocycles. The maximum Gasteiger partial charge on any atom is 0.246 e. The number of rotatable bonds is 2. The minimum atomic E-state index is -0.00933. The molecule has 6 nitrogen and oxygen atoms in total. The summed E-state index contributed by atoms with van der Waals surface area (Å²) in [5, 5.41) is 6.76. The molecule has 5 rings (SSSR count). The molecular formula is C22H23N5O. The number of nitrogens with one attached hydrogen (secondary N) is 2. The lowest BCUT2D eigenvalue weighted by Crippen LogP contribution is -2.48. The number of pyridine rings is 1. The minimum Gasteiger partial charge on any atom is -0.380 e. The molecule has 6 heteroatoms. The lowest BCUT2D eigenvalue weighted by atomic mass is 9.90. The molecule has 1 aliphatic heterocycles. The molecule has 142 valence electrons. The van der Waals surface area contributed by atoms with Crippen LogP contribution in [0.2, 0.25) is 0 Å². The Hall–Kier alpha value is -3.15. The molecule has 0 bridgehead atoms. The van der Waals surface area contributed by atoms with Gasteiger partial charge in [-0.05, 0) is 43.5 Å². The molecule has 3 aromatic rings. The van der Waals surface area contributed by atoms with E-state index in [1.807, 2.05) is 13.0 Å². The third kappa shape index (κ3) is 2.95. The van der Waals surface area contributed by atoms with Crippen molar-refractivity contribution in [3.8, 4) is 5.69 Å². The fraction of sp³-hybridized carbons (Fsp3) is 0.318. The summed E-state index contributed by atoms with van der Waals surface area (Å²) >= 11 is 0. The van der Waals surface area contributed by atoms with Crippen molar-refractivity contribution >= 4 is 22.6 Å². The Bertz CT molecular complexity index is 1070. The number of imidazole rings is 1. The average Bonchev–Trinajstić information content (AvgIpc) is 2.94. The number of carbonyl (C=O) groups is 1. The summed E-state index contributed by atoms with van der Waals surface area (Å²) in [6, 6.07) is 10.8. The van der Waals surface area contributed by atoms with E-state index in [4.69, 9.17) is 0 Å². The van der Waals surface area contributed by atoms with E-state index in [-0.39, 0.29) is 11.9 Å². The molecule has 1 amide bonds. The van der Waals surface area contributed by atoms with Gasteiger partial charge in [0, 0.05) is 35.7 Å². The first kappa shape index (κ1) is 17.0. The molecule has 28 heavy (non-hydrogen) atoms. The van der Waals surface area contributed by atoms with E-state index in [1.165, 1.54) is 12.8 Å². The third-order valence-electron chi connectivity index (χ3n) is 5.77. The molecule has 2 unspecified atom stereocenters. The zero-order valence-corrected chi connectivity index (χ0v) is 15.9. The lowest BCUT2D eigenvalue weighted by molar-refractivity contribution is -0.117. The van der Waals surface area contributed by atoms with Gasteiger partial charge < -0.3 is 10.6 Å². The van der Waals surface area contributed by atoms with Gasteiger partial charge in [0.25, 0.3) is 0 Å². The Balaban J connectivity index is 1.48.